The number of carbonyl (C=O) groups is 1. The van der Waals surface area contributed by atoms with Crippen LogP contribution in [0.15, 0.2) is 0 Å². The molecule has 1 aliphatic rings. The number of unbranched alkanes of at least 4 members (excludes halogenated alkanes) is 4. The van der Waals surface area contributed by atoms with Gasteiger partial charge in [-0.3, -0.25) is 4.79 Å². The summed E-state index contributed by atoms with van der Waals surface area (Å²) in [7, 11) is 0. The second kappa shape index (κ2) is 7.90. The van der Waals surface area contributed by atoms with Crippen molar-refractivity contribution in [3.8, 4) is 0 Å². The van der Waals surface area contributed by atoms with E-state index < -0.39 is 0 Å². The first-order chi connectivity index (χ1) is 7.34. The molecular formula is C14H26O. The van der Waals surface area contributed by atoms with E-state index in [1.807, 2.05) is 0 Å². The normalized spacial score (nSPS) is 22.7. The van der Waals surface area contributed by atoms with Gasteiger partial charge in [-0.15, -0.1) is 0 Å². The Morgan fingerprint density at radius 2 is 1.87 bits per heavy atom. The summed E-state index contributed by atoms with van der Waals surface area (Å²) in [6.45, 7) is 2.24. The first-order valence-electron chi connectivity index (χ1n) is 6.87. The Morgan fingerprint density at radius 3 is 2.67 bits per heavy atom. The Kier molecular flexibility index (Phi) is 6.71. The Bertz CT molecular complexity index is 174. The minimum Gasteiger partial charge on any atom is -0.299 e. The summed E-state index contributed by atoms with van der Waals surface area (Å²) >= 11 is 0. The molecule has 88 valence electrons. The fourth-order valence-corrected chi connectivity index (χ4v) is 2.53. The number of Topliss-reactive ketones (excluding diaryl/α,β-unsaturated/α-hetero) is 1. The molecule has 1 rings (SSSR count). The summed E-state index contributed by atoms with van der Waals surface area (Å²) in [6.07, 6.45) is 13.5. The lowest BCUT2D eigenvalue weighted by molar-refractivity contribution is -0.122. The van der Waals surface area contributed by atoms with Gasteiger partial charge in [-0.05, 0) is 19.3 Å². The largest absolute Gasteiger partial charge is 0.299 e. The Labute approximate surface area is 94.6 Å². The highest BCUT2D eigenvalue weighted by molar-refractivity contribution is 5.81. The summed E-state index contributed by atoms with van der Waals surface area (Å²) in [4.78, 5) is 11.7. The molecule has 1 fully saturated rings. The van der Waals surface area contributed by atoms with E-state index in [0.29, 0.717) is 11.7 Å². The van der Waals surface area contributed by atoms with E-state index in [9.17, 15) is 4.79 Å². The average Bonchev–Trinajstić information content (AvgIpc) is 2.44. The molecule has 0 aromatic rings. The average molecular weight is 210 g/mol. The number of rotatable bonds is 6. The molecule has 1 saturated carbocycles. The molecule has 0 saturated heterocycles. The van der Waals surface area contributed by atoms with E-state index in [1.165, 1.54) is 57.8 Å². The second-order valence-corrected chi connectivity index (χ2v) is 4.97. The maximum Gasteiger partial charge on any atom is 0.135 e. The monoisotopic (exact) mass is 210 g/mol. The Morgan fingerprint density at radius 1 is 1.07 bits per heavy atom. The van der Waals surface area contributed by atoms with Gasteiger partial charge in [0.15, 0.2) is 0 Å². The van der Waals surface area contributed by atoms with E-state index >= 15 is 0 Å². The lowest BCUT2D eigenvalue weighted by Crippen LogP contribution is -2.12. The summed E-state index contributed by atoms with van der Waals surface area (Å²) < 4.78 is 0. The van der Waals surface area contributed by atoms with E-state index in [2.05, 4.69) is 6.92 Å². The van der Waals surface area contributed by atoms with Crippen molar-refractivity contribution in [2.75, 3.05) is 0 Å². The zero-order valence-electron chi connectivity index (χ0n) is 10.3. The third kappa shape index (κ3) is 5.34. The van der Waals surface area contributed by atoms with Crippen LogP contribution in [0.2, 0.25) is 0 Å². The van der Waals surface area contributed by atoms with Crippen molar-refractivity contribution in [2.24, 2.45) is 5.92 Å². The molecule has 0 N–H and O–H groups in total. The van der Waals surface area contributed by atoms with Crippen molar-refractivity contribution >= 4 is 5.78 Å². The summed E-state index contributed by atoms with van der Waals surface area (Å²) in [5, 5.41) is 0. The van der Waals surface area contributed by atoms with E-state index in [4.69, 9.17) is 0 Å². The minimum absolute atomic E-state index is 0.425. The van der Waals surface area contributed by atoms with Gasteiger partial charge < -0.3 is 0 Å². The zero-order chi connectivity index (χ0) is 10.9. The van der Waals surface area contributed by atoms with Crippen LogP contribution in [-0.4, -0.2) is 5.78 Å². The topological polar surface area (TPSA) is 17.1 Å². The molecular weight excluding hydrogens is 184 g/mol. The van der Waals surface area contributed by atoms with Crippen molar-refractivity contribution in [1.82, 2.24) is 0 Å². The first kappa shape index (κ1) is 12.7. The lowest BCUT2D eigenvalue weighted by Gasteiger charge is -2.12. The Hall–Kier alpha value is -0.330. The van der Waals surface area contributed by atoms with Crippen LogP contribution in [0, 0.1) is 5.92 Å². The number of hydrogen-bond donors (Lipinski definition) is 0. The zero-order valence-corrected chi connectivity index (χ0v) is 10.3. The highest BCUT2D eigenvalue weighted by Crippen LogP contribution is 2.24. The van der Waals surface area contributed by atoms with Gasteiger partial charge in [-0.1, -0.05) is 51.9 Å². The van der Waals surface area contributed by atoms with Crippen LogP contribution in [0.3, 0.4) is 0 Å². The van der Waals surface area contributed by atoms with Crippen molar-refractivity contribution in [3.05, 3.63) is 0 Å². The van der Waals surface area contributed by atoms with Crippen LogP contribution in [0.25, 0.3) is 0 Å². The van der Waals surface area contributed by atoms with Gasteiger partial charge in [-0.2, -0.15) is 0 Å². The summed E-state index contributed by atoms with van der Waals surface area (Å²) in [5.41, 5.74) is 0. The van der Waals surface area contributed by atoms with E-state index in [1.54, 1.807) is 0 Å². The standard InChI is InChI=1S/C14H26O/c1-2-3-4-5-7-10-13-11-8-6-9-12-14(13)15/h13H,2-12H2,1H3. The maximum atomic E-state index is 11.7. The molecule has 0 amide bonds. The third-order valence-electron chi connectivity index (χ3n) is 3.59. The molecule has 15 heavy (non-hydrogen) atoms. The van der Waals surface area contributed by atoms with Crippen molar-refractivity contribution in [2.45, 2.75) is 77.6 Å². The van der Waals surface area contributed by atoms with E-state index in [-0.39, 0.29) is 0 Å². The SMILES string of the molecule is CCCCCCCC1CCCCCC1=O. The highest BCUT2D eigenvalue weighted by Gasteiger charge is 2.19. The fraction of sp³-hybridized carbons (Fsp3) is 0.929. The summed E-state index contributed by atoms with van der Waals surface area (Å²) in [5.74, 6) is 0.983. The number of hydrogen-bond acceptors (Lipinski definition) is 1. The van der Waals surface area contributed by atoms with Gasteiger partial charge >= 0.3 is 0 Å². The van der Waals surface area contributed by atoms with Gasteiger partial charge in [0.2, 0.25) is 0 Å². The van der Waals surface area contributed by atoms with Gasteiger partial charge in [0, 0.05) is 12.3 Å². The molecule has 1 unspecified atom stereocenters. The first-order valence-corrected chi connectivity index (χ1v) is 6.87. The number of ketones is 1. The van der Waals surface area contributed by atoms with Crippen molar-refractivity contribution in [1.29, 1.82) is 0 Å². The molecule has 0 radical (unpaired) electrons. The molecule has 1 nitrogen and oxygen atoms in total. The number of carbonyl (C=O) groups excluding carboxylic acids is 1. The molecule has 1 heteroatoms. The summed E-state index contributed by atoms with van der Waals surface area (Å²) in [6, 6.07) is 0. The van der Waals surface area contributed by atoms with Crippen LogP contribution in [0.1, 0.15) is 77.6 Å². The molecule has 1 atom stereocenters. The fourth-order valence-electron chi connectivity index (χ4n) is 2.53. The lowest BCUT2D eigenvalue weighted by atomic mass is 9.92. The predicted molar refractivity (Wildman–Crippen MR) is 65.0 cm³/mol. The quantitative estimate of drug-likeness (QED) is 0.466. The molecule has 0 spiro atoms. The van der Waals surface area contributed by atoms with Gasteiger partial charge in [0.1, 0.15) is 5.78 Å². The predicted octanol–water partition coefficient (Wildman–Crippen LogP) is 4.50. The van der Waals surface area contributed by atoms with Crippen LogP contribution in [0.4, 0.5) is 0 Å². The molecule has 1 aliphatic carbocycles. The molecule has 0 heterocycles. The Balaban J connectivity index is 2.10. The van der Waals surface area contributed by atoms with Crippen LogP contribution in [0.5, 0.6) is 0 Å². The molecule has 0 aliphatic heterocycles. The van der Waals surface area contributed by atoms with E-state index in [0.717, 1.165) is 12.8 Å². The van der Waals surface area contributed by atoms with Crippen LogP contribution >= 0.6 is 0 Å². The molecule has 0 aromatic carbocycles. The van der Waals surface area contributed by atoms with Gasteiger partial charge in [0.25, 0.3) is 0 Å². The van der Waals surface area contributed by atoms with Gasteiger partial charge in [-0.25, -0.2) is 0 Å². The van der Waals surface area contributed by atoms with Crippen LogP contribution in [-0.2, 0) is 4.79 Å². The smallest absolute Gasteiger partial charge is 0.135 e. The van der Waals surface area contributed by atoms with Crippen LogP contribution < -0.4 is 0 Å². The van der Waals surface area contributed by atoms with Gasteiger partial charge in [0.05, 0.1) is 0 Å². The highest BCUT2D eigenvalue weighted by atomic mass is 16.1. The maximum absolute atomic E-state index is 11.7. The molecule has 0 aromatic heterocycles. The van der Waals surface area contributed by atoms with Crippen molar-refractivity contribution in [3.63, 3.8) is 0 Å². The molecule has 0 bridgehead atoms. The second-order valence-electron chi connectivity index (χ2n) is 4.97. The minimum atomic E-state index is 0.425. The third-order valence-corrected chi connectivity index (χ3v) is 3.59. The van der Waals surface area contributed by atoms with Crippen molar-refractivity contribution < 1.29 is 4.79 Å².